The molecule has 1 aromatic heterocycles. The van der Waals surface area contributed by atoms with E-state index in [9.17, 15) is 4.79 Å². The number of hydrogen-bond donors (Lipinski definition) is 1. The Hall–Kier alpha value is -1.08. The quantitative estimate of drug-likeness (QED) is 0.691. The van der Waals surface area contributed by atoms with E-state index < -0.39 is 5.97 Å². The highest BCUT2D eigenvalue weighted by Gasteiger charge is 2.13. The van der Waals surface area contributed by atoms with Crippen LogP contribution >= 0.6 is 11.8 Å². The first-order valence-electron chi connectivity index (χ1n) is 6.53. The zero-order valence-corrected chi connectivity index (χ0v) is 12.6. The summed E-state index contributed by atoms with van der Waals surface area (Å²) < 4.78 is 2.04. The maximum Gasteiger partial charge on any atom is 0.313 e. The number of carboxylic acids is 1. The van der Waals surface area contributed by atoms with Crippen molar-refractivity contribution in [2.75, 3.05) is 25.9 Å². The molecule has 1 N–H and O–H groups in total. The Bertz CT molecular complexity index is 408. The van der Waals surface area contributed by atoms with Crippen LogP contribution in [-0.2, 0) is 17.8 Å². The van der Waals surface area contributed by atoms with Crippen molar-refractivity contribution < 1.29 is 9.90 Å². The van der Waals surface area contributed by atoms with Gasteiger partial charge in [0.2, 0.25) is 0 Å². The highest BCUT2D eigenvalue weighted by molar-refractivity contribution is 7.99. The predicted molar refractivity (Wildman–Crippen MR) is 75.5 cm³/mol. The SMILES string of the molecule is CCCc1nnc(SCC(=O)O)n1CCN(C)CC. The molecule has 19 heavy (non-hydrogen) atoms. The molecular formula is C12H22N4O2S. The molecule has 0 spiro atoms. The third kappa shape index (κ3) is 5.20. The summed E-state index contributed by atoms with van der Waals surface area (Å²) in [5, 5.41) is 17.7. The second-order valence-electron chi connectivity index (χ2n) is 4.38. The summed E-state index contributed by atoms with van der Waals surface area (Å²) in [6.45, 7) is 6.91. The van der Waals surface area contributed by atoms with Crippen molar-refractivity contribution in [1.82, 2.24) is 19.7 Å². The van der Waals surface area contributed by atoms with E-state index in [1.807, 2.05) is 4.57 Å². The molecule has 0 saturated heterocycles. The molecule has 0 bridgehead atoms. The summed E-state index contributed by atoms with van der Waals surface area (Å²) in [5.41, 5.74) is 0. The van der Waals surface area contributed by atoms with Gasteiger partial charge in [0.25, 0.3) is 0 Å². The first-order chi connectivity index (χ1) is 9.08. The number of nitrogens with zero attached hydrogens (tertiary/aromatic N) is 4. The number of rotatable bonds is 9. The van der Waals surface area contributed by atoms with Crippen LogP contribution in [0, 0.1) is 0 Å². The zero-order valence-electron chi connectivity index (χ0n) is 11.8. The second kappa shape index (κ2) is 8.16. The fourth-order valence-electron chi connectivity index (χ4n) is 1.61. The normalized spacial score (nSPS) is 11.2. The summed E-state index contributed by atoms with van der Waals surface area (Å²) in [6, 6.07) is 0. The van der Waals surface area contributed by atoms with E-state index in [-0.39, 0.29) is 5.75 Å². The van der Waals surface area contributed by atoms with Gasteiger partial charge in [0, 0.05) is 19.5 Å². The van der Waals surface area contributed by atoms with Crippen LogP contribution in [0.3, 0.4) is 0 Å². The average molecular weight is 286 g/mol. The minimum Gasteiger partial charge on any atom is -0.481 e. The van der Waals surface area contributed by atoms with E-state index in [0.29, 0.717) is 5.16 Å². The van der Waals surface area contributed by atoms with Crippen molar-refractivity contribution >= 4 is 17.7 Å². The van der Waals surface area contributed by atoms with Crippen molar-refractivity contribution in [3.63, 3.8) is 0 Å². The van der Waals surface area contributed by atoms with Crippen molar-refractivity contribution in [2.24, 2.45) is 0 Å². The first-order valence-corrected chi connectivity index (χ1v) is 7.52. The molecule has 0 unspecified atom stereocenters. The van der Waals surface area contributed by atoms with Crippen LogP contribution in [0.1, 0.15) is 26.1 Å². The number of carbonyl (C=O) groups is 1. The van der Waals surface area contributed by atoms with Crippen LogP contribution in [0.4, 0.5) is 0 Å². The van der Waals surface area contributed by atoms with Crippen molar-refractivity contribution in [3.05, 3.63) is 5.82 Å². The molecule has 108 valence electrons. The molecule has 1 heterocycles. The number of aliphatic carboxylic acids is 1. The minimum atomic E-state index is -0.831. The second-order valence-corrected chi connectivity index (χ2v) is 5.32. The van der Waals surface area contributed by atoms with Gasteiger partial charge >= 0.3 is 5.97 Å². The Kier molecular flexibility index (Phi) is 6.86. The molecule has 0 radical (unpaired) electrons. The Morgan fingerprint density at radius 2 is 2.16 bits per heavy atom. The highest BCUT2D eigenvalue weighted by Crippen LogP contribution is 2.17. The largest absolute Gasteiger partial charge is 0.481 e. The molecule has 0 aliphatic carbocycles. The van der Waals surface area contributed by atoms with E-state index in [2.05, 4.69) is 36.0 Å². The van der Waals surface area contributed by atoms with Crippen LogP contribution in [0.5, 0.6) is 0 Å². The maximum absolute atomic E-state index is 10.6. The van der Waals surface area contributed by atoms with Gasteiger partial charge in [-0.1, -0.05) is 25.6 Å². The van der Waals surface area contributed by atoms with Gasteiger partial charge < -0.3 is 14.6 Å². The number of thioether (sulfide) groups is 1. The molecule has 7 heteroatoms. The molecule has 1 aromatic rings. The number of likely N-dealkylation sites (N-methyl/N-ethyl adjacent to an activating group) is 1. The van der Waals surface area contributed by atoms with Crippen molar-refractivity contribution in [1.29, 1.82) is 0 Å². The van der Waals surface area contributed by atoms with Gasteiger partial charge in [0.05, 0.1) is 5.75 Å². The van der Waals surface area contributed by atoms with Gasteiger partial charge in [-0.3, -0.25) is 4.79 Å². The third-order valence-corrected chi connectivity index (χ3v) is 3.79. The van der Waals surface area contributed by atoms with Gasteiger partial charge in [-0.2, -0.15) is 0 Å². The van der Waals surface area contributed by atoms with Gasteiger partial charge in [0.1, 0.15) is 5.82 Å². The number of carboxylic acid groups (broad SMARTS) is 1. The molecule has 0 saturated carbocycles. The van der Waals surface area contributed by atoms with Crippen LogP contribution in [0.25, 0.3) is 0 Å². The summed E-state index contributed by atoms with van der Waals surface area (Å²) in [4.78, 5) is 12.9. The van der Waals surface area contributed by atoms with E-state index in [4.69, 9.17) is 5.11 Å². The van der Waals surface area contributed by atoms with Crippen LogP contribution in [0.2, 0.25) is 0 Å². The Morgan fingerprint density at radius 3 is 2.74 bits per heavy atom. The molecule has 0 atom stereocenters. The van der Waals surface area contributed by atoms with Gasteiger partial charge in [0.15, 0.2) is 5.16 Å². The average Bonchev–Trinajstić information content (AvgIpc) is 2.76. The Morgan fingerprint density at radius 1 is 1.42 bits per heavy atom. The van der Waals surface area contributed by atoms with E-state index in [1.165, 1.54) is 11.8 Å². The molecule has 6 nitrogen and oxygen atoms in total. The smallest absolute Gasteiger partial charge is 0.313 e. The van der Waals surface area contributed by atoms with Crippen LogP contribution in [0.15, 0.2) is 5.16 Å². The molecule has 0 amide bonds. The monoisotopic (exact) mass is 286 g/mol. The molecule has 0 aliphatic heterocycles. The van der Waals surface area contributed by atoms with Gasteiger partial charge in [-0.05, 0) is 20.0 Å². The number of hydrogen-bond acceptors (Lipinski definition) is 5. The minimum absolute atomic E-state index is 0.0217. The van der Waals surface area contributed by atoms with Crippen LogP contribution in [-0.4, -0.2) is 56.6 Å². The highest BCUT2D eigenvalue weighted by atomic mass is 32.2. The van der Waals surface area contributed by atoms with E-state index in [0.717, 1.165) is 38.3 Å². The molecular weight excluding hydrogens is 264 g/mol. The summed E-state index contributed by atoms with van der Waals surface area (Å²) in [7, 11) is 2.06. The number of aromatic nitrogens is 3. The fourth-order valence-corrected chi connectivity index (χ4v) is 2.32. The topological polar surface area (TPSA) is 71.2 Å². The lowest BCUT2D eigenvalue weighted by atomic mass is 10.3. The lowest BCUT2D eigenvalue weighted by molar-refractivity contribution is -0.133. The lowest BCUT2D eigenvalue weighted by Gasteiger charge is -2.16. The first kappa shape index (κ1) is 16.0. The van der Waals surface area contributed by atoms with Crippen molar-refractivity contribution in [2.45, 2.75) is 38.4 Å². The van der Waals surface area contributed by atoms with Crippen LogP contribution < -0.4 is 0 Å². The summed E-state index contributed by atoms with van der Waals surface area (Å²) >= 11 is 1.23. The maximum atomic E-state index is 10.6. The van der Waals surface area contributed by atoms with E-state index in [1.54, 1.807) is 0 Å². The summed E-state index contributed by atoms with van der Waals surface area (Å²) in [5.74, 6) is 0.135. The lowest BCUT2D eigenvalue weighted by Crippen LogP contribution is -2.24. The molecule has 1 rings (SSSR count). The predicted octanol–water partition coefficient (Wildman–Crippen LogP) is 1.36. The van der Waals surface area contributed by atoms with Gasteiger partial charge in [-0.25, -0.2) is 0 Å². The molecule has 0 aliphatic rings. The molecule has 0 aromatic carbocycles. The van der Waals surface area contributed by atoms with Gasteiger partial charge in [-0.15, -0.1) is 10.2 Å². The zero-order chi connectivity index (χ0) is 14.3. The van der Waals surface area contributed by atoms with E-state index >= 15 is 0 Å². The summed E-state index contributed by atoms with van der Waals surface area (Å²) in [6.07, 6.45) is 1.88. The Labute approximate surface area is 118 Å². The standard InChI is InChI=1S/C12H22N4O2S/c1-4-6-10-13-14-12(19-9-11(17)18)16(10)8-7-15(3)5-2/h4-9H2,1-3H3,(H,17,18). The molecule has 0 fully saturated rings. The Balaban J connectivity index is 2.75. The number of aryl methyl sites for hydroxylation is 1. The fraction of sp³-hybridized carbons (Fsp3) is 0.750. The third-order valence-electron chi connectivity index (χ3n) is 2.84. The van der Waals surface area contributed by atoms with Crippen molar-refractivity contribution in [3.8, 4) is 0 Å².